The SMILES string of the molecule is CCCCCCOc1ccc(OCCOc2ccccc2C=Nn2cnnc2)cc1. The van der Waals surface area contributed by atoms with Crippen LogP contribution in [0.3, 0.4) is 0 Å². The molecule has 0 saturated carbocycles. The van der Waals surface area contributed by atoms with E-state index in [0.717, 1.165) is 35.8 Å². The Kier molecular flexibility index (Phi) is 8.73. The van der Waals surface area contributed by atoms with E-state index in [0.29, 0.717) is 13.2 Å². The van der Waals surface area contributed by atoms with Crippen LogP contribution in [0.2, 0.25) is 0 Å². The molecule has 0 fully saturated rings. The maximum Gasteiger partial charge on any atom is 0.141 e. The van der Waals surface area contributed by atoms with Gasteiger partial charge >= 0.3 is 0 Å². The molecule has 0 amide bonds. The molecule has 0 atom stereocenters. The first-order valence-electron chi connectivity index (χ1n) is 10.3. The summed E-state index contributed by atoms with van der Waals surface area (Å²) in [7, 11) is 0. The molecule has 0 N–H and O–H groups in total. The van der Waals surface area contributed by atoms with Crippen LogP contribution in [0.5, 0.6) is 17.2 Å². The van der Waals surface area contributed by atoms with Crippen LogP contribution in [0, 0.1) is 0 Å². The number of para-hydroxylation sites is 1. The number of ether oxygens (including phenoxy) is 3. The molecule has 158 valence electrons. The molecule has 30 heavy (non-hydrogen) atoms. The molecule has 2 aromatic carbocycles. The molecule has 0 spiro atoms. The fourth-order valence-electron chi connectivity index (χ4n) is 2.76. The Morgan fingerprint density at radius 1 is 0.800 bits per heavy atom. The van der Waals surface area contributed by atoms with Crippen molar-refractivity contribution in [3.05, 3.63) is 66.7 Å². The van der Waals surface area contributed by atoms with Gasteiger partial charge in [0.25, 0.3) is 0 Å². The number of aromatic nitrogens is 3. The highest BCUT2D eigenvalue weighted by atomic mass is 16.5. The summed E-state index contributed by atoms with van der Waals surface area (Å²) in [6.07, 6.45) is 9.56. The molecule has 7 nitrogen and oxygen atoms in total. The Bertz CT molecular complexity index is 880. The Balaban J connectivity index is 1.40. The monoisotopic (exact) mass is 408 g/mol. The van der Waals surface area contributed by atoms with Crippen molar-refractivity contribution in [1.82, 2.24) is 14.9 Å². The third-order valence-electron chi connectivity index (χ3n) is 4.36. The molecule has 7 heteroatoms. The second-order valence-electron chi connectivity index (χ2n) is 6.70. The van der Waals surface area contributed by atoms with E-state index in [1.807, 2.05) is 48.5 Å². The molecule has 0 unspecified atom stereocenters. The summed E-state index contributed by atoms with van der Waals surface area (Å²) in [6, 6.07) is 15.4. The summed E-state index contributed by atoms with van der Waals surface area (Å²) < 4.78 is 18.9. The Morgan fingerprint density at radius 3 is 2.20 bits per heavy atom. The highest BCUT2D eigenvalue weighted by molar-refractivity contribution is 5.83. The lowest BCUT2D eigenvalue weighted by atomic mass is 10.2. The van der Waals surface area contributed by atoms with Crippen molar-refractivity contribution in [2.24, 2.45) is 5.10 Å². The van der Waals surface area contributed by atoms with E-state index in [1.165, 1.54) is 36.6 Å². The first-order chi connectivity index (χ1) is 14.8. The van der Waals surface area contributed by atoms with Crippen molar-refractivity contribution in [3.63, 3.8) is 0 Å². The van der Waals surface area contributed by atoms with Crippen LogP contribution in [0.25, 0.3) is 0 Å². The van der Waals surface area contributed by atoms with Gasteiger partial charge in [-0.15, -0.1) is 10.2 Å². The minimum atomic E-state index is 0.424. The predicted octanol–water partition coefficient (Wildman–Crippen LogP) is 4.58. The summed E-state index contributed by atoms with van der Waals surface area (Å²) in [5.41, 5.74) is 0.867. The zero-order valence-electron chi connectivity index (χ0n) is 17.3. The quantitative estimate of drug-likeness (QED) is 0.306. The van der Waals surface area contributed by atoms with E-state index in [1.54, 1.807) is 6.21 Å². The number of nitrogens with zero attached hydrogens (tertiary/aromatic N) is 4. The molecule has 0 saturated heterocycles. The van der Waals surface area contributed by atoms with Crippen LogP contribution >= 0.6 is 0 Å². The standard InChI is InChI=1S/C23H28N4O3/c1-2-3-4-7-14-28-21-10-12-22(13-11-21)29-15-16-30-23-9-6-5-8-20(23)17-26-27-18-24-25-19-27/h5-6,8-13,17-19H,2-4,7,14-16H2,1H3. The number of unbranched alkanes of at least 4 members (excludes halogenated alkanes) is 3. The van der Waals surface area contributed by atoms with Crippen molar-refractivity contribution in [1.29, 1.82) is 0 Å². The van der Waals surface area contributed by atoms with E-state index in [2.05, 4.69) is 22.2 Å². The Hall–Kier alpha value is -3.35. The van der Waals surface area contributed by atoms with E-state index < -0.39 is 0 Å². The molecule has 1 aromatic heterocycles. The summed E-state index contributed by atoms with van der Waals surface area (Å²) >= 11 is 0. The Labute approximate surface area is 177 Å². The average Bonchev–Trinajstić information content (AvgIpc) is 3.30. The second kappa shape index (κ2) is 12.3. The van der Waals surface area contributed by atoms with E-state index in [9.17, 15) is 0 Å². The number of rotatable bonds is 13. The number of hydrogen-bond acceptors (Lipinski definition) is 6. The number of hydrogen-bond donors (Lipinski definition) is 0. The van der Waals surface area contributed by atoms with E-state index in [4.69, 9.17) is 14.2 Å². The largest absolute Gasteiger partial charge is 0.494 e. The molecular weight excluding hydrogens is 380 g/mol. The van der Waals surface area contributed by atoms with Crippen LogP contribution < -0.4 is 14.2 Å². The van der Waals surface area contributed by atoms with Crippen molar-refractivity contribution in [3.8, 4) is 17.2 Å². The molecular formula is C23H28N4O3. The van der Waals surface area contributed by atoms with Gasteiger partial charge in [0.1, 0.15) is 43.1 Å². The molecule has 3 aromatic rings. The van der Waals surface area contributed by atoms with E-state index >= 15 is 0 Å². The summed E-state index contributed by atoms with van der Waals surface area (Å²) in [5, 5.41) is 11.7. The summed E-state index contributed by atoms with van der Waals surface area (Å²) in [6.45, 7) is 3.83. The van der Waals surface area contributed by atoms with Crippen LogP contribution in [-0.4, -0.2) is 40.9 Å². The molecule has 0 aliphatic rings. The molecule has 0 radical (unpaired) electrons. The second-order valence-corrected chi connectivity index (χ2v) is 6.70. The molecule has 0 aliphatic heterocycles. The smallest absolute Gasteiger partial charge is 0.141 e. The van der Waals surface area contributed by atoms with Gasteiger partial charge in [-0.2, -0.15) is 5.10 Å². The van der Waals surface area contributed by atoms with Crippen molar-refractivity contribution >= 4 is 6.21 Å². The average molecular weight is 409 g/mol. The maximum absolute atomic E-state index is 5.86. The first kappa shape index (κ1) is 21.4. The lowest BCUT2D eigenvalue weighted by Gasteiger charge is -2.11. The lowest BCUT2D eigenvalue weighted by molar-refractivity contribution is 0.216. The highest BCUT2D eigenvalue weighted by Gasteiger charge is 2.02. The fourth-order valence-corrected chi connectivity index (χ4v) is 2.76. The van der Waals surface area contributed by atoms with E-state index in [-0.39, 0.29) is 0 Å². The van der Waals surface area contributed by atoms with Crippen molar-refractivity contribution in [2.75, 3.05) is 19.8 Å². The van der Waals surface area contributed by atoms with Gasteiger partial charge in [-0.3, -0.25) is 0 Å². The van der Waals surface area contributed by atoms with Gasteiger partial charge < -0.3 is 14.2 Å². The van der Waals surface area contributed by atoms with Crippen molar-refractivity contribution in [2.45, 2.75) is 32.6 Å². The lowest BCUT2D eigenvalue weighted by Crippen LogP contribution is -2.10. The van der Waals surface area contributed by atoms with Gasteiger partial charge in [-0.25, -0.2) is 4.68 Å². The van der Waals surface area contributed by atoms with Gasteiger partial charge in [-0.1, -0.05) is 38.3 Å². The van der Waals surface area contributed by atoms with Gasteiger partial charge in [0, 0.05) is 5.56 Å². The maximum atomic E-state index is 5.86. The molecule has 0 bridgehead atoms. The fraction of sp³-hybridized carbons (Fsp3) is 0.348. The molecule has 3 rings (SSSR count). The predicted molar refractivity (Wildman–Crippen MR) is 117 cm³/mol. The Morgan fingerprint density at radius 2 is 1.47 bits per heavy atom. The normalized spacial score (nSPS) is 11.0. The van der Waals surface area contributed by atoms with Gasteiger partial charge in [0.15, 0.2) is 0 Å². The van der Waals surface area contributed by atoms with Crippen LogP contribution in [0.15, 0.2) is 66.3 Å². The van der Waals surface area contributed by atoms with Crippen LogP contribution in [-0.2, 0) is 0 Å². The van der Waals surface area contributed by atoms with Gasteiger partial charge in [-0.05, 0) is 42.8 Å². The van der Waals surface area contributed by atoms with Gasteiger partial charge in [0.2, 0.25) is 0 Å². The third kappa shape index (κ3) is 7.24. The summed E-state index contributed by atoms with van der Waals surface area (Å²) in [4.78, 5) is 0. The number of benzene rings is 2. The zero-order valence-corrected chi connectivity index (χ0v) is 17.3. The van der Waals surface area contributed by atoms with Crippen LogP contribution in [0.1, 0.15) is 38.2 Å². The topological polar surface area (TPSA) is 70.8 Å². The van der Waals surface area contributed by atoms with Gasteiger partial charge in [0.05, 0.1) is 12.8 Å². The minimum absolute atomic E-state index is 0.424. The highest BCUT2D eigenvalue weighted by Crippen LogP contribution is 2.19. The molecule has 0 aliphatic carbocycles. The minimum Gasteiger partial charge on any atom is -0.494 e. The third-order valence-corrected chi connectivity index (χ3v) is 4.36. The van der Waals surface area contributed by atoms with Crippen molar-refractivity contribution < 1.29 is 14.2 Å². The zero-order chi connectivity index (χ0) is 20.9. The molecule has 1 heterocycles. The summed E-state index contributed by atoms with van der Waals surface area (Å²) in [5.74, 6) is 2.40. The van der Waals surface area contributed by atoms with Crippen LogP contribution in [0.4, 0.5) is 0 Å². The first-order valence-corrected chi connectivity index (χ1v) is 10.3.